The number of nitrogens with zero attached hydrogens (tertiary/aromatic N) is 2. The highest BCUT2D eigenvalue weighted by Crippen LogP contribution is 2.38. The Kier molecular flexibility index (Phi) is 12.5. The van der Waals surface area contributed by atoms with Gasteiger partial charge in [0.1, 0.15) is 0 Å². The molecule has 7 rings (SSSR count). The van der Waals surface area contributed by atoms with Crippen molar-refractivity contribution in [2.45, 2.75) is 44.0 Å². The molecule has 3 N–H and O–H groups in total. The maximum Gasteiger partial charge on any atom is 0.335 e. The molecule has 10 heteroatoms. The standard InChI is InChI=1S/C45H47ClN4O4S/c46-39-22-23-42-41(30-39)40(17-9-10-33-18-20-36(21-19-33)45(51)52)43(50(42)44(34-11-3-1-4-12-34)35-13-5-2-6-14-35)24-25-48-55(53,54)32-38-16-8-7-15-37(38)31-49-28-26-47-27-29-49/h1-8,11-16,18-23,30,44,47-48H,9-10,17,24-29,31-32H2,(H,51,52). The van der Waals surface area contributed by atoms with E-state index in [-0.39, 0.29) is 23.9 Å². The maximum absolute atomic E-state index is 13.8. The smallest absolute Gasteiger partial charge is 0.335 e. The van der Waals surface area contributed by atoms with E-state index in [2.05, 4.69) is 74.1 Å². The van der Waals surface area contributed by atoms with Crippen LogP contribution in [0.3, 0.4) is 0 Å². The van der Waals surface area contributed by atoms with Crippen molar-refractivity contribution in [2.75, 3.05) is 32.7 Å². The van der Waals surface area contributed by atoms with Crippen molar-refractivity contribution in [1.82, 2.24) is 19.5 Å². The Morgan fingerprint density at radius 1 is 0.782 bits per heavy atom. The Morgan fingerprint density at radius 3 is 2.07 bits per heavy atom. The van der Waals surface area contributed by atoms with Gasteiger partial charge in [-0.2, -0.15) is 0 Å². The summed E-state index contributed by atoms with van der Waals surface area (Å²) >= 11 is 6.70. The molecule has 2 heterocycles. The number of halogens is 1. The zero-order valence-corrected chi connectivity index (χ0v) is 32.4. The van der Waals surface area contributed by atoms with Gasteiger partial charge in [-0.25, -0.2) is 17.9 Å². The second-order valence-electron chi connectivity index (χ2n) is 14.2. The van der Waals surface area contributed by atoms with Crippen LogP contribution in [0.2, 0.25) is 5.02 Å². The summed E-state index contributed by atoms with van der Waals surface area (Å²) < 4.78 is 32.9. The highest BCUT2D eigenvalue weighted by Gasteiger charge is 2.26. The molecule has 0 unspecified atom stereocenters. The van der Waals surface area contributed by atoms with Gasteiger partial charge in [-0.3, -0.25) is 4.90 Å². The van der Waals surface area contributed by atoms with Crippen LogP contribution >= 0.6 is 11.6 Å². The summed E-state index contributed by atoms with van der Waals surface area (Å²) in [5.41, 5.74) is 8.65. The van der Waals surface area contributed by atoms with E-state index in [1.165, 1.54) is 0 Å². The van der Waals surface area contributed by atoms with Crippen LogP contribution in [0.1, 0.15) is 61.9 Å². The van der Waals surface area contributed by atoms with Gasteiger partial charge in [-0.1, -0.05) is 109 Å². The number of hydrogen-bond acceptors (Lipinski definition) is 5. The molecule has 55 heavy (non-hydrogen) atoms. The number of nitrogens with one attached hydrogen (secondary N) is 2. The lowest BCUT2D eigenvalue weighted by Gasteiger charge is -2.28. The number of carboxylic acids is 1. The molecule has 6 aromatic rings. The van der Waals surface area contributed by atoms with Crippen LogP contribution in [0.4, 0.5) is 0 Å². The number of aromatic carboxylic acids is 1. The molecule has 0 spiro atoms. The van der Waals surface area contributed by atoms with Crippen LogP contribution in [0.5, 0.6) is 0 Å². The van der Waals surface area contributed by atoms with E-state index in [0.29, 0.717) is 11.4 Å². The van der Waals surface area contributed by atoms with Gasteiger partial charge in [0.2, 0.25) is 10.0 Å². The van der Waals surface area contributed by atoms with E-state index in [0.717, 1.165) is 102 Å². The van der Waals surface area contributed by atoms with Gasteiger partial charge in [0, 0.05) is 67.3 Å². The molecule has 5 aromatic carbocycles. The number of piperazine rings is 1. The van der Waals surface area contributed by atoms with Crippen molar-refractivity contribution in [1.29, 1.82) is 0 Å². The summed E-state index contributed by atoms with van der Waals surface area (Å²) in [7, 11) is -3.67. The summed E-state index contributed by atoms with van der Waals surface area (Å²) in [4.78, 5) is 13.8. The van der Waals surface area contributed by atoms with E-state index in [9.17, 15) is 18.3 Å². The minimum absolute atomic E-state index is 0.0853. The molecule has 1 aliphatic heterocycles. The fourth-order valence-electron chi connectivity index (χ4n) is 7.84. The van der Waals surface area contributed by atoms with E-state index >= 15 is 0 Å². The van der Waals surface area contributed by atoms with Crippen molar-refractivity contribution >= 4 is 38.5 Å². The van der Waals surface area contributed by atoms with Crippen LogP contribution in [0.25, 0.3) is 10.9 Å². The number of carbonyl (C=O) groups is 1. The molecule has 8 nitrogen and oxygen atoms in total. The molecule has 0 bridgehead atoms. The highest BCUT2D eigenvalue weighted by molar-refractivity contribution is 7.88. The van der Waals surface area contributed by atoms with Gasteiger partial charge < -0.3 is 15.0 Å². The van der Waals surface area contributed by atoms with Crippen LogP contribution in [0.15, 0.2) is 127 Å². The first kappa shape index (κ1) is 38.5. The number of sulfonamides is 1. The van der Waals surface area contributed by atoms with Crippen molar-refractivity contribution in [3.05, 3.63) is 177 Å². The molecule has 0 aliphatic carbocycles. The van der Waals surface area contributed by atoms with Gasteiger partial charge in [-0.05, 0) is 83.0 Å². The number of rotatable bonds is 16. The Hall–Kier alpha value is -4.77. The summed E-state index contributed by atoms with van der Waals surface area (Å²) in [5, 5.41) is 14.4. The largest absolute Gasteiger partial charge is 0.478 e. The molecular weight excluding hydrogens is 728 g/mol. The molecule has 1 aromatic heterocycles. The number of fused-ring (bicyclic) bond motifs is 1. The fourth-order valence-corrected chi connectivity index (χ4v) is 9.22. The Morgan fingerprint density at radius 2 is 1.42 bits per heavy atom. The predicted molar refractivity (Wildman–Crippen MR) is 221 cm³/mol. The first-order valence-electron chi connectivity index (χ1n) is 19.0. The maximum atomic E-state index is 13.8. The average molecular weight is 775 g/mol. The van der Waals surface area contributed by atoms with Crippen LogP contribution < -0.4 is 10.0 Å². The lowest BCUT2D eigenvalue weighted by atomic mass is 9.97. The van der Waals surface area contributed by atoms with E-state index in [4.69, 9.17) is 11.6 Å². The number of hydrogen-bond donors (Lipinski definition) is 3. The van der Waals surface area contributed by atoms with Gasteiger partial charge >= 0.3 is 5.97 Å². The molecule has 0 amide bonds. The van der Waals surface area contributed by atoms with E-state index < -0.39 is 16.0 Å². The minimum atomic E-state index is -3.67. The molecular formula is C45H47ClN4O4S. The van der Waals surface area contributed by atoms with Gasteiger partial charge in [-0.15, -0.1) is 0 Å². The number of carboxylic acid groups (broad SMARTS) is 1. The third-order valence-electron chi connectivity index (χ3n) is 10.5. The normalized spacial score (nSPS) is 13.8. The van der Waals surface area contributed by atoms with Gasteiger partial charge in [0.15, 0.2) is 0 Å². The SMILES string of the molecule is O=C(O)c1ccc(CCCc2c(CCNS(=O)(=O)Cc3ccccc3CN3CCNCC3)n(C(c3ccccc3)c3ccccc3)c3ccc(Cl)cc23)cc1. The number of aryl methyl sites for hydroxylation is 2. The van der Waals surface area contributed by atoms with Crippen molar-refractivity contribution in [2.24, 2.45) is 0 Å². The molecule has 1 aliphatic rings. The lowest BCUT2D eigenvalue weighted by Crippen LogP contribution is -2.43. The Labute approximate surface area is 328 Å². The van der Waals surface area contributed by atoms with E-state index in [1.807, 2.05) is 60.7 Å². The zero-order valence-electron chi connectivity index (χ0n) is 30.8. The minimum Gasteiger partial charge on any atom is -0.478 e. The van der Waals surface area contributed by atoms with Crippen molar-refractivity contribution in [3.8, 4) is 0 Å². The van der Waals surface area contributed by atoms with Crippen LogP contribution in [-0.4, -0.2) is 61.7 Å². The molecule has 1 saturated heterocycles. The second-order valence-corrected chi connectivity index (χ2v) is 16.5. The third kappa shape index (κ3) is 9.55. The third-order valence-corrected chi connectivity index (χ3v) is 12.1. The molecule has 0 saturated carbocycles. The monoisotopic (exact) mass is 774 g/mol. The molecule has 1 fully saturated rings. The summed E-state index contributed by atoms with van der Waals surface area (Å²) in [5.74, 6) is -1.03. The van der Waals surface area contributed by atoms with Gasteiger partial charge in [0.25, 0.3) is 0 Å². The first-order valence-corrected chi connectivity index (χ1v) is 21.0. The lowest BCUT2D eigenvalue weighted by molar-refractivity contribution is 0.0697. The molecule has 284 valence electrons. The number of aromatic nitrogens is 1. The van der Waals surface area contributed by atoms with Crippen molar-refractivity contribution < 1.29 is 18.3 Å². The summed E-state index contributed by atoms with van der Waals surface area (Å²) in [6.07, 6.45) is 2.75. The van der Waals surface area contributed by atoms with E-state index in [1.54, 1.807) is 12.1 Å². The quantitative estimate of drug-likeness (QED) is 0.0926. The highest BCUT2D eigenvalue weighted by atomic mass is 35.5. The molecule has 0 atom stereocenters. The average Bonchev–Trinajstić information content (AvgIpc) is 3.48. The summed E-state index contributed by atoms with van der Waals surface area (Å²) in [6.45, 7) is 4.69. The first-order chi connectivity index (χ1) is 26.8. The fraction of sp³-hybridized carbons (Fsp3) is 0.267. The second kappa shape index (κ2) is 17.8. The zero-order chi connectivity index (χ0) is 38.2. The predicted octanol–water partition coefficient (Wildman–Crippen LogP) is 7.87. The van der Waals surface area contributed by atoms with Crippen molar-refractivity contribution in [3.63, 3.8) is 0 Å². The van der Waals surface area contributed by atoms with Crippen LogP contribution in [0, 0.1) is 0 Å². The van der Waals surface area contributed by atoms with Crippen LogP contribution in [-0.2, 0) is 41.6 Å². The molecule has 0 radical (unpaired) electrons. The topological polar surface area (TPSA) is 104 Å². The number of benzene rings is 5. The Bertz CT molecular complexity index is 2290. The van der Waals surface area contributed by atoms with Gasteiger partial charge in [0.05, 0.1) is 17.4 Å². The Balaban J connectivity index is 1.22. The summed E-state index contributed by atoms with van der Waals surface area (Å²) in [6, 6.07) is 41.6.